The molecule has 168 valence electrons. The molecule has 35 heavy (non-hydrogen) atoms. The van der Waals surface area contributed by atoms with E-state index in [2.05, 4.69) is 24.9 Å². The van der Waals surface area contributed by atoms with Gasteiger partial charge in [0.1, 0.15) is 5.52 Å². The smallest absolute Gasteiger partial charge is 0.227 e. The number of hydrogen-bond acceptors (Lipinski definition) is 5. The van der Waals surface area contributed by atoms with E-state index in [1.165, 1.54) is 11.1 Å². The summed E-state index contributed by atoms with van der Waals surface area (Å²) in [6.07, 6.45) is 0. The number of rotatable bonds is 4. The van der Waals surface area contributed by atoms with E-state index < -0.39 is 0 Å². The summed E-state index contributed by atoms with van der Waals surface area (Å²) in [7, 11) is 0. The van der Waals surface area contributed by atoms with Gasteiger partial charge in [-0.3, -0.25) is 0 Å². The van der Waals surface area contributed by atoms with Gasteiger partial charge in [-0.25, -0.2) is 19.9 Å². The summed E-state index contributed by atoms with van der Waals surface area (Å²) in [5, 5.41) is 0. The van der Waals surface area contributed by atoms with Crippen molar-refractivity contribution in [2.24, 2.45) is 0 Å². The molecule has 0 unspecified atom stereocenters. The molecule has 5 heteroatoms. The van der Waals surface area contributed by atoms with Crippen molar-refractivity contribution in [2.45, 2.75) is 13.8 Å². The molecule has 0 fully saturated rings. The fourth-order valence-electron chi connectivity index (χ4n) is 4.00. The topological polar surface area (TPSA) is 64.7 Å². The van der Waals surface area contributed by atoms with Crippen molar-refractivity contribution in [3.8, 4) is 45.6 Å². The minimum absolute atomic E-state index is 0.599. The quantitative estimate of drug-likeness (QED) is 0.280. The van der Waals surface area contributed by atoms with E-state index in [-0.39, 0.29) is 0 Å². The molecule has 2 heterocycles. The lowest BCUT2D eigenvalue weighted by Gasteiger charge is -2.08. The summed E-state index contributed by atoms with van der Waals surface area (Å²) >= 11 is 0. The van der Waals surface area contributed by atoms with E-state index in [0.717, 1.165) is 33.4 Å². The number of aryl methyl sites for hydroxylation is 2. The largest absolute Gasteiger partial charge is 0.436 e. The highest BCUT2D eigenvalue weighted by molar-refractivity contribution is 5.78. The zero-order valence-electron chi connectivity index (χ0n) is 19.4. The molecule has 6 aromatic rings. The second-order valence-electron chi connectivity index (χ2n) is 8.54. The highest BCUT2D eigenvalue weighted by atomic mass is 16.3. The van der Waals surface area contributed by atoms with Crippen molar-refractivity contribution in [2.75, 3.05) is 0 Å². The Morgan fingerprint density at radius 2 is 0.943 bits per heavy atom. The molecule has 0 atom stereocenters. The van der Waals surface area contributed by atoms with Gasteiger partial charge in [0.05, 0.1) is 0 Å². The molecular formula is C30H22N4O. The van der Waals surface area contributed by atoms with Gasteiger partial charge in [0.2, 0.25) is 5.89 Å². The molecule has 2 aromatic heterocycles. The van der Waals surface area contributed by atoms with Gasteiger partial charge in [-0.2, -0.15) is 0 Å². The zero-order valence-corrected chi connectivity index (χ0v) is 19.4. The van der Waals surface area contributed by atoms with Crippen molar-refractivity contribution in [3.05, 3.63) is 108 Å². The highest BCUT2D eigenvalue weighted by Gasteiger charge is 2.14. The van der Waals surface area contributed by atoms with Crippen LogP contribution in [0.4, 0.5) is 0 Å². The monoisotopic (exact) mass is 454 g/mol. The van der Waals surface area contributed by atoms with E-state index in [4.69, 9.17) is 19.4 Å². The van der Waals surface area contributed by atoms with Crippen LogP contribution in [0.5, 0.6) is 0 Å². The first-order valence-corrected chi connectivity index (χ1v) is 11.5. The molecule has 0 N–H and O–H groups in total. The number of aromatic nitrogens is 4. The third-order valence-corrected chi connectivity index (χ3v) is 6.09. The minimum atomic E-state index is 0.599. The average Bonchev–Trinajstić information content (AvgIpc) is 3.32. The van der Waals surface area contributed by atoms with E-state index >= 15 is 0 Å². The fraction of sp³-hybridized carbons (Fsp3) is 0.0667. The molecular weight excluding hydrogens is 432 g/mol. The molecule has 0 amide bonds. The van der Waals surface area contributed by atoms with Crippen molar-refractivity contribution in [1.82, 2.24) is 19.9 Å². The zero-order chi connectivity index (χ0) is 23.8. The molecule has 0 spiro atoms. The Labute approximate surface area is 203 Å². The van der Waals surface area contributed by atoms with Gasteiger partial charge in [-0.15, -0.1) is 0 Å². The Balaban J connectivity index is 1.41. The van der Waals surface area contributed by atoms with Gasteiger partial charge < -0.3 is 4.42 Å². The summed E-state index contributed by atoms with van der Waals surface area (Å²) in [6.45, 7) is 4.16. The Morgan fingerprint density at radius 1 is 0.486 bits per heavy atom. The lowest BCUT2D eigenvalue weighted by atomic mass is 10.1. The molecule has 0 aliphatic rings. The van der Waals surface area contributed by atoms with Crippen LogP contribution in [-0.4, -0.2) is 19.9 Å². The van der Waals surface area contributed by atoms with E-state index in [1.807, 2.05) is 91.0 Å². The van der Waals surface area contributed by atoms with Gasteiger partial charge >= 0.3 is 0 Å². The highest BCUT2D eigenvalue weighted by Crippen LogP contribution is 2.29. The summed E-state index contributed by atoms with van der Waals surface area (Å²) in [6, 6.07) is 32.0. The van der Waals surface area contributed by atoms with Crippen molar-refractivity contribution in [3.63, 3.8) is 0 Å². The predicted octanol–water partition coefficient (Wildman–Crippen LogP) is 7.30. The number of oxazole rings is 1. The summed E-state index contributed by atoms with van der Waals surface area (Å²) < 4.78 is 6.04. The van der Waals surface area contributed by atoms with Crippen LogP contribution in [-0.2, 0) is 0 Å². The standard InChI is InChI=1S/C30H22N4O/c1-19-17-25-26(18-20(19)2)35-30(31-25)24-15-13-23(14-16-24)29-33-27(21-9-5-3-6-10-21)32-28(34-29)22-11-7-4-8-12-22/h3-18H,1-2H3. The van der Waals surface area contributed by atoms with Gasteiger partial charge in [0.25, 0.3) is 0 Å². The van der Waals surface area contributed by atoms with E-state index in [1.54, 1.807) is 0 Å². The maximum Gasteiger partial charge on any atom is 0.227 e. The van der Waals surface area contributed by atoms with Gasteiger partial charge in [-0.1, -0.05) is 72.8 Å². The van der Waals surface area contributed by atoms with Crippen LogP contribution >= 0.6 is 0 Å². The molecule has 0 aliphatic heterocycles. The van der Waals surface area contributed by atoms with E-state index in [0.29, 0.717) is 23.4 Å². The molecule has 0 bridgehead atoms. The Bertz CT molecular complexity index is 1540. The SMILES string of the molecule is Cc1cc2nc(-c3ccc(-c4nc(-c5ccccc5)nc(-c5ccccc5)n4)cc3)oc2cc1C. The number of hydrogen-bond donors (Lipinski definition) is 0. The molecule has 0 aliphatic carbocycles. The Kier molecular flexibility index (Phi) is 5.15. The first-order valence-electron chi connectivity index (χ1n) is 11.5. The van der Waals surface area contributed by atoms with Gasteiger partial charge in [0.15, 0.2) is 23.1 Å². The normalized spacial score (nSPS) is 11.1. The predicted molar refractivity (Wildman–Crippen MR) is 139 cm³/mol. The van der Waals surface area contributed by atoms with Crippen LogP contribution in [0.1, 0.15) is 11.1 Å². The second-order valence-corrected chi connectivity index (χ2v) is 8.54. The second kappa shape index (κ2) is 8.61. The van der Waals surface area contributed by atoms with Crippen LogP contribution in [0, 0.1) is 13.8 Å². The Hall–Kier alpha value is -4.64. The molecule has 6 rings (SSSR count). The van der Waals surface area contributed by atoms with Crippen LogP contribution in [0.25, 0.3) is 56.7 Å². The minimum Gasteiger partial charge on any atom is -0.436 e. The Morgan fingerprint density at radius 3 is 1.49 bits per heavy atom. The number of nitrogens with zero attached hydrogens (tertiary/aromatic N) is 4. The fourth-order valence-corrected chi connectivity index (χ4v) is 4.00. The number of fused-ring (bicyclic) bond motifs is 1. The summed E-state index contributed by atoms with van der Waals surface area (Å²) in [5.74, 6) is 2.50. The third-order valence-electron chi connectivity index (χ3n) is 6.09. The molecule has 0 saturated carbocycles. The lowest BCUT2D eigenvalue weighted by molar-refractivity contribution is 0.619. The molecule has 0 saturated heterocycles. The van der Waals surface area contributed by atoms with Gasteiger partial charge in [-0.05, 0) is 49.2 Å². The average molecular weight is 455 g/mol. The number of benzene rings is 4. The summed E-state index contributed by atoms with van der Waals surface area (Å²) in [4.78, 5) is 19.0. The summed E-state index contributed by atoms with van der Waals surface area (Å²) in [5.41, 5.74) is 7.74. The van der Waals surface area contributed by atoms with Crippen molar-refractivity contribution >= 4 is 11.1 Å². The van der Waals surface area contributed by atoms with E-state index in [9.17, 15) is 0 Å². The molecule has 4 aromatic carbocycles. The van der Waals surface area contributed by atoms with Gasteiger partial charge in [0, 0.05) is 22.3 Å². The lowest BCUT2D eigenvalue weighted by Crippen LogP contribution is -2.00. The first kappa shape index (κ1) is 20.9. The third kappa shape index (κ3) is 4.08. The maximum atomic E-state index is 6.04. The maximum absolute atomic E-state index is 6.04. The van der Waals surface area contributed by atoms with Crippen LogP contribution in [0.2, 0.25) is 0 Å². The van der Waals surface area contributed by atoms with Crippen LogP contribution < -0.4 is 0 Å². The molecule has 0 radical (unpaired) electrons. The molecule has 5 nitrogen and oxygen atoms in total. The van der Waals surface area contributed by atoms with Crippen LogP contribution in [0.15, 0.2) is 101 Å². The van der Waals surface area contributed by atoms with Crippen molar-refractivity contribution in [1.29, 1.82) is 0 Å². The first-order chi connectivity index (χ1) is 17.1. The van der Waals surface area contributed by atoms with Crippen LogP contribution in [0.3, 0.4) is 0 Å². The van der Waals surface area contributed by atoms with Crippen molar-refractivity contribution < 1.29 is 4.42 Å².